The second-order valence-corrected chi connectivity index (χ2v) is 7.49. The Bertz CT molecular complexity index is 738. The molecular weight excluding hydrogens is 310 g/mol. The number of hydrogen-bond donors (Lipinski definition) is 1. The van der Waals surface area contributed by atoms with E-state index in [0.717, 1.165) is 12.8 Å². The largest absolute Gasteiger partial charge is 0.326 e. The molecule has 0 unspecified atom stereocenters. The van der Waals surface area contributed by atoms with Gasteiger partial charge in [0.1, 0.15) is 0 Å². The lowest BCUT2D eigenvalue weighted by Crippen LogP contribution is -2.17. The van der Waals surface area contributed by atoms with Crippen LogP contribution in [0.15, 0.2) is 59.5 Å². The maximum atomic E-state index is 12.1. The predicted octanol–water partition coefficient (Wildman–Crippen LogP) is 3.44. The molecule has 0 bridgehead atoms. The van der Waals surface area contributed by atoms with E-state index in [1.54, 1.807) is 30.3 Å². The minimum absolute atomic E-state index is 0.0616. The van der Waals surface area contributed by atoms with Crippen molar-refractivity contribution in [1.82, 2.24) is 0 Å². The monoisotopic (exact) mass is 331 g/mol. The van der Waals surface area contributed by atoms with Crippen molar-refractivity contribution in [3.63, 3.8) is 0 Å². The third kappa shape index (κ3) is 5.21. The van der Waals surface area contributed by atoms with Gasteiger partial charge < -0.3 is 5.32 Å². The molecule has 0 saturated carbocycles. The molecule has 0 aliphatic carbocycles. The second-order valence-electron chi connectivity index (χ2n) is 5.38. The summed E-state index contributed by atoms with van der Waals surface area (Å²) in [5, 5.41) is 2.73. The summed E-state index contributed by atoms with van der Waals surface area (Å²) in [4.78, 5) is 12.2. The minimum Gasteiger partial charge on any atom is -0.326 e. The van der Waals surface area contributed by atoms with Crippen LogP contribution in [-0.4, -0.2) is 20.1 Å². The summed E-state index contributed by atoms with van der Waals surface area (Å²) in [5.74, 6) is -0.496. The summed E-state index contributed by atoms with van der Waals surface area (Å²) >= 11 is 0. The normalized spacial score (nSPS) is 11.2. The summed E-state index contributed by atoms with van der Waals surface area (Å²) in [6.45, 7) is 2.11. The van der Waals surface area contributed by atoms with Gasteiger partial charge in [-0.3, -0.25) is 4.79 Å². The van der Waals surface area contributed by atoms with E-state index < -0.39 is 9.84 Å². The highest BCUT2D eigenvalue weighted by Gasteiger charge is 2.16. The highest BCUT2D eigenvalue weighted by molar-refractivity contribution is 7.91. The summed E-state index contributed by atoms with van der Waals surface area (Å²) in [5.41, 5.74) is 1.91. The first-order chi connectivity index (χ1) is 11.0. The Balaban J connectivity index is 1.90. The highest BCUT2D eigenvalue weighted by atomic mass is 32.2. The van der Waals surface area contributed by atoms with Crippen LogP contribution in [0.3, 0.4) is 0 Å². The number of aryl methyl sites for hydroxylation is 1. The number of benzene rings is 2. The van der Waals surface area contributed by atoms with Gasteiger partial charge in [0.2, 0.25) is 5.91 Å². The van der Waals surface area contributed by atoms with Gasteiger partial charge in [0.25, 0.3) is 0 Å². The van der Waals surface area contributed by atoms with E-state index in [1.165, 1.54) is 5.56 Å². The second kappa shape index (κ2) is 7.92. The van der Waals surface area contributed by atoms with Gasteiger partial charge in [-0.1, -0.05) is 43.7 Å². The van der Waals surface area contributed by atoms with Crippen LogP contribution in [0, 0.1) is 0 Å². The molecule has 0 saturated heterocycles. The van der Waals surface area contributed by atoms with Crippen molar-refractivity contribution in [3.05, 3.63) is 60.2 Å². The van der Waals surface area contributed by atoms with Crippen LogP contribution < -0.4 is 5.32 Å². The van der Waals surface area contributed by atoms with Crippen molar-refractivity contribution < 1.29 is 13.2 Å². The van der Waals surface area contributed by atoms with E-state index in [2.05, 4.69) is 12.2 Å². The van der Waals surface area contributed by atoms with Crippen molar-refractivity contribution in [2.45, 2.75) is 31.1 Å². The van der Waals surface area contributed by atoms with Crippen LogP contribution >= 0.6 is 0 Å². The first-order valence-corrected chi connectivity index (χ1v) is 9.33. The first-order valence-electron chi connectivity index (χ1n) is 7.68. The lowest BCUT2D eigenvalue weighted by molar-refractivity contribution is -0.115. The quantitative estimate of drug-likeness (QED) is 0.845. The summed E-state index contributed by atoms with van der Waals surface area (Å²) in [6.07, 6.45) is 2.01. The van der Waals surface area contributed by atoms with Gasteiger partial charge in [-0.25, -0.2) is 8.42 Å². The van der Waals surface area contributed by atoms with Crippen LogP contribution in [0.25, 0.3) is 0 Å². The number of hydrogen-bond acceptors (Lipinski definition) is 3. The number of nitrogens with one attached hydrogen (secondary N) is 1. The van der Waals surface area contributed by atoms with Gasteiger partial charge in [-0.05, 0) is 36.2 Å². The molecule has 4 nitrogen and oxygen atoms in total. The standard InChI is InChI=1S/C18H21NO3S/c1-2-6-15-9-11-16(12-10-15)19-18(20)13-14-23(21,22)17-7-4-3-5-8-17/h3-5,7-12H,2,6,13-14H2,1H3,(H,19,20). The van der Waals surface area contributed by atoms with Crippen LogP contribution in [0.2, 0.25) is 0 Å². The molecule has 122 valence electrons. The molecule has 0 spiro atoms. The van der Waals surface area contributed by atoms with E-state index in [9.17, 15) is 13.2 Å². The number of carbonyl (C=O) groups excluding carboxylic acids is 1. The van der Waals surface area contributed by atoms with E-state index in [0.29, 0.717) is 5.69 Å². The molecule has 0 radical (unpaired) electrons. The Hall–Kier alpha value is -2.14. The molecule has 0 atom stereocenters. The Morgan fingerprint density at radius 2 is 1.65 bits per heavy atom. The lowest BCUT2D eigenvalue weighted by Gasteiger charge is -2.07. The summed E-state index contributed by atoms with van der Waals surface area (Å²) in [6, 6.07) is 15.8. The Morgan fingerprint density at radius 3 is 2.26 bits per heavy atom. The van der Waals surface area contributed by atoms with Gasteiger partial charge >= 0.3 is 0 Å². The van der Waals surface area contributed by atoms with Gasteiger partial charge in [0.15, 0.2) is 9.84 Å². The Kier molecular flexibility index (Phi) is 5.93. The molecule has 1 amide bonds. The fourth-order valence-corrected chi connectivity index (χ4v) is 3.50. The molecule has 0 aliphatic rings. The van der Waals surface area contributed by atoms with E-state index in [4.69, 9.17) is 0 Å². The van der Waals surface area contributed by atoms with Crippen LogP contribution in [0.4, 0.5) is 5.69 Å². The first kappa shape index (κ1) is 17.2. The molecule has 2 aromatic rings. The van der Waals surface area contributed by atoms with E-state index >= 15 is 0 Å². The third-order valence-electron chi connectivity index (χ3n) is 3.48. The van der Waals surface area contributed by atoms with Crippen LogP contribution in [0.1, 0.15) is 25.3 Å². The average Bonchev–Trinajstić information content (AvgIpc) is 2.56. The van der Waals surface area contributed by atoms with Gasteiger partial charge in [-0.15, -0.1) is 0 Å². The maximum absolute atomic E-state index is 12.1. The Morgan fingerprint density at radius 1 is 1.00 bits per heavy atom. The van der Waals surface area contributed by atoms with Gasteiger partial charge in [-0.2, -0.15) is 0 Å². The van der Waals surface area contributed by atoms with Crippen molar-refractivity contribution in [2.24, 2.45) is 0 Å². The molecule has 1 N–H and O–H groups in total. The van der Waals surface area contributed by atoms with E-state index in [-0.39, 0.29) is 23.0 Å². The SMILES string of the molecule is CCCc1ccc(NC(=O)CCS(=O)(=O)c2ccccc2)cc1. The minimum atomic E-state index is -3.42. The zero-order valence-electron chi connectivity index (χ0n) is 13.2. The molecule has 0 aromatic heterocycles. The van der Waals surface area contributed by atoms with Crippen LogP contribution in [0.5, 0.6) is 0 Å². The maximum Gasteiger partial charge on any atom is 0.225 e. The number of rotatable bonds is 7. The van der Waals surface area contributed by atoms with Crippen molar-refractivity contribution in [3.8, 4) is 0 Å². The van der Waals surface area contributed by atoms with Crippen molar-refractivity contribution >= 4 is 21.4 Å². The average molecular weight is 331 g/mol. The number of sulfone groups is 1. The Labute approximate surface area is 137 Å². The molecule has 5 heteroatoms. The molecule has 2 aromatic carbocycles. The number of amides is 1. The smallest absolute Gasteiger partial charge is 0.225 e. The molecule has 23 heavy (non-hydrogen) atoms. The fraction of sp³-hybridized carbons (Fsp3) is 0.278. The topological polar surface area (TPSA) is 63.2 Å². The number of anilines is 1. The molecule has 0 fully saturated rings. The summed E-state index contributed by atoms with van der Waals surface area (Å²) < 4.78 is 24.3. The van der Waals surface area contributed by atoms with Gasteiger partial charge in [0, 0.05) is 12.1 Å². The number of carbonyl (C=O) groups is 1. The fourth-order valence-electron chi connectivity index (χ4n) is 2.24. The van der Waals surface area contributed by atoms with Crippen molar-refractivity contribution in [1.29, 1.82) is 0 Å². The summed E-state index contributed by atoms with van der Waals surface area (Å²) in [7, 11) is -3.42. The predicted molar refractivity (Wildman–Crippen MR) is 92.2 cm³/mol. The van der Waals surface area contributed by atoms with Crippen molar-refractivity contribution in [2.75, 3.05) is 11.1 Å². The van der Waals surface area contributed by atoms with E-state index in [1.807, 2.05) is 24.3 Å². The van der Waals surface area contributed by atoms with Gasteiger partial charge in [0.05, 0.1) is 10.6 Å². The lowest BCUT2D eigenvalue weighted by atomic mass is 10.1. The molecule has 0 aliphatic heterocycles. The molecular formula is C18H21NO3S. The zero-order chi connectivity index (χ0) is 16.7. The molecule has 0 heterocycles. The molecule has 2 rings (SSSR count). The van der Waals surface area contributed by atoms with Crippen LogP contribution in [-0.2, 0) is 21.1 Å². The zero-order valence-corrected chi connectivity index (χ0v) is 14.0. The third-order valence-corrected chi connectivity index (χ3v) is 5.21. The highest BCUT2D eigenvalue weighted by Crippen LogP contribution is 2.13.